The third kappa shape index (κ3) is 4.70. The van der Waals surface area contributed by atoms with E-state index in [1.54, 1.807) is 43.5 Å². The summed E-state index contributed by atoms with van der Waals surface area (Å²) in [6, 6.07) is 11.9. The van der Waals surface area contributed by atoms with Crippen LogP contribution in [0.25, 0.3) is 0 Å². The highest BCUT2D eigenvalue weighted by molar-refractivity contribution is 8.00. The molecule has 1 fully saturated rings. The van der Waals surface area contributed by atoms with Crippen LogP contribution < -0.4 is 15.4 Å². The predicted octanol–water partition coefficient (Wildman–Crippen LogP) is 2.78. The van der Waals surface area contributed by atoms with Gasteiger partial charge in [-0.3, -0.25) is 9.59 Å². The van der Waals surface area contributed by atoms with Crippen molar-refractivity contribution in [2.24, 2.45) is 5.92 Å². The van der Waals surface area contributed by atoms with E-state index in [0.717, 1.165) is 4.90 Å². The van der Waals surface area contributed by atoms with Crippen LogP contribution in [0.5, 0.6) is 5.75 Å². The van der Waals surface area contributed by atoms with E-state index in [1.165, 1.54) is 22.1 Å². The van der Waals surface area contributed by atoms with Crippen LogP contribution in [0, 0.1) is 5.92 Å². The van der Waals surface area contributed by atoms with Crippen molar-refractivity contribution in [2.45, 2.75) is 22.6 Å². The van der Waals surface area contributed by atoms with Crippen LogP contribution >= 0.6 is 11.8 Å². The van der Waals surface area contributed by atoms with E-state index in [2.05, 4.69) is 10.6 Å². The quantitative estimate of drug-likeness (QED) is 0.710. The fourth-order valence-corrected chi connectivity index (χ4v) is 5.93. The van der Waals surface area contributed by atoms with Gasteiger partial charge in [0.25, 0.3) is 0 Å². The van der Waals surface area contributed by atoms with Crippen molar-refractivity contribution in [3.05, 3.63) is 42.5 Å². The lowest BCUT2D eigenvalue weighted by Crippen LogP contribution is -2.41. The molecule has 164 valence electrons. The minimum Gasteiger partial charge on any atom is -0.497 e. The van der Waals surface area contributed by atoms with Gasteiger partial charge >= 0.3 is 0 Å². The molecule has 0 aliphatic carbocycles. The number of rotatable bonds is 5. The first-order valence-electron chi connectivity index (χ1n) is 9.88. The number of carbonyl (C=O) groups is 2. The van der Waals surface area contributed by atoms with Gasteiger partial charge in [0.15, 0.2) is 0 Å². The fourth-order valence-electron chi connectivity index (χ4n) is 3.65. The van der Waals surface area contributed by atoms with Gasteiger partial charge in [0.05, 0.1) is 23.4 Å². The molecule has 2 amide bonds. The maximum atomic E-state index is 13.1. The van der Waals surface area contributed by atoms with Crippen LogP contribution in [0.4, 0.5) is 11.4 Å². The Morgan fingerprint density at radius 2 is 1.87 bits per heavy atom. The van der Waals surface area contributed by atoms with Crippen molar-refractivity contribution >= 4 is 45.0 Å². The number of nitrogens with one attached hydrogen (secondary N) is 2. The molecule has 2 aliphatic rings. The minimum atomic E-state index is -3.70. The molecule has 4 rings (SSSR count). The molecule has 0 atom stereocenters. The van der Waals surface area contributed by atoms with Crippen molar-refractivity contribution in [1.29, 1.82) is 0 Å². The number of piperidine rings is 1. The summed E-state index contributed by atoms with van der Waals surface area (Å²) in [6.07, 6.45) is 0.886. The number of hydrogen-bond donors (Lipinski definition) is 2. The Labute approximate surface area is 185 Å². The summed E-state index contributed by atoms with van der Waals surface area (Å²) in [5, 5.41) is 5.61. The molecule has 2 aromatic rings. The summed E-state index contributed by atoms with van der Waals surface area (Å²) in [6.45, 7) is 0.530. The Morgan fingerprint density at radius 3 is 2.55 bits per heavy atom. The summed E-state index contributed by atoms with van der Waals surface area (Å²) in [5.41, 5.74) is 1.20. The van der Waals surface area contributed by atoms with Crippen molar-refractivity contribution in [1.82, 2.24) is 4.31 Å². The van der Waals surface area contributed by atoms with Gasteiger partial charge in [-0.1, -0.05) is 0 Å². The molecule has 1 saturated heterocycles. The number of sulfonamides is 1. The average Bonchev–Trinajstić information content (AvgIpc) is 2.79. The highest BCUT2D eigenvalue weighted by Crippen LogP contribution is 2.34. The Morgan fingerprint density at radius 1 is 1.16 bits per heavy atom. The molecule has 2 heterocycles. The van der Waals surface area contributed by atoms with Crippen molar-refractivity contribution in [2.75, 3.05) is 36.6 Å². The number of methoxy groups -OCH3 is 1. The minimum absolute atomic E-state index is 0.115. The second-order valence-corrected chi connectivity index (χ2v) is 10.3. The number of ether oxygens (including phenoxy) is 1. The first-order chi connectivity index (χ1) is 14.9. The van der Waals surface area contributed by atoms with E-state index in [1.807, 2.05) is 0 Å². The Hall–Kier alpha value is -2.56. The molecule has 0 unspecified atom stereocenters. The zero-order chi connectivity index (χ0) is 22.0. The van der Waals surface area contributed by atoms with Gasteiger partial charge in [0.1, 0.15) is 5.75 Å². The second-order valence-electron chi connectivity index (χ2n) is 7.39. The normalized spacial score (nSPS) is 17.5. The molecule has 0 spiro atoms. The van der Waals surface area contributed by atoms with E-state index in [0.29, 0.717) is 35.7 Å². The lowest BCUT2D eigenvalue weighted by Gasteiger charge is -2.31. The van der Waals surface area contributed by atoms with E-state index in [-0.39, 0.29) is 35.7 Å². The first kappa shape index (κ1) is 21.7. The number of benzene rings is 2. The van der Waals surface area contributed by atoms with E-state index >= 15 is 0 Å². The number of anilines is 2. The first-order valence-corrected chi connectivity index (χ1v) is 12.3. The monoisotopic (exact) mass is 461 g/mol. The molecule has 31 heavy (non-hydrogen) atoms. The van der Waals surface area contributed by atoms with Crippen LogP contribution in [0.15, 0.2) is 52.3 Å². The number of fused-ring (bicyclic) bond motifs is 1. The second kappa shape index (κ2) is 8.89. The van der Waals surface area contributed by atoms with Crippen molar-refractivity contribution < 1.29 is 22.7 Å². The molecule has 8 nitrogen and oxygen atoms in total. The van der Waals surface area contributed by atoms with E-state index in [4.69, 9.17) is 4.74 Å². The van der Waals surface area contributed by atoms with Crippen LogP contribution in [0.1, 0.15) is 12.8 Å². The molecule has 2 aliphatic heterocycles. The van der Waals surface area contributed by atoms with Gasteiger partial charge in [-0.25, -0.2) is 8.42 Å². The van der Waals surface area contributed by atoms with Crippen LogP contribution in [-0.2, 0) is 19.6 Å². The summed E-state index contributed by atoms with van der Waals surface area (Å²) in [4.78, 5) is 25.2. The molecule has 0 bridgehead atoms. The smallest absolute Gasteiger partial charge is 0.243 e. The summed E-state index contributed by atoms with van der Waals surface area (Å²) >= 11 is 1.39. The highest BCUT2D eigenvalue weighted by Gasteiger charge is 2.33. The molecular weight excluding hydrogens is 438 g/mol. The average molecular weight is 462 g/mol. The molecule has 0 saturated carbocycles. The SMILES string of the molecule is COc1ccc(NC(=O)C2CCN(S(=O)(=O)c3ccc4c(c3)NC(=O)CS4)CC2)cc1. The largest absolute Gasteiger partial charge is 0.497 e. The van der Waals surface area contributed by atoms with Crippen molar-refractivity contribution in [3.8, 4) is 5.75 Å². The fraction of sp³-hybridized carbons (Fsp3) is 0.333. The maximum Gasteiger partial charge on any atom is 0.243 e. The van der Waals surface area contributed by atoms with Gasteiger partial charge in [0, 0.05) is 29.6 Å². The van der Waals surface area contributed by atoms with Gasteiger partial charge in [0.2, 0.25) is 21.8 Å². The Balaban J connectivity index is 1.39. The molecule has 10 heteroatoms. The van der Waals surface area contributed by atoms with Crippen LogP contribution in [0.2, 0.25) is 0 Å². The number of amides is 2. The molecule has 0 radical (unpaired) electrons. The lowest BCUT2D eigenvalue weighted by molar-refractivity contribution is -0.121. The number of nitrogens with zero attached hydrogens (tertiary/aromatic N) is 1. The lowest BCUT2D eigenvalue weighted by atomic mass is 9.97. The summed E-state index contributed by atoms with van der Waals surface area (Å²) < 4.78 is 32.7. The third-order valence-electron chi connectivity index (χ3n) is 5.40. The van der Waals surface area contributed by atoms with Crippen LogP contribution in [0.3, 0.4) is 0 Å². The van der Waals surface area contributed by atoms with Crippen molar-refractivity contribution in [3.63, 3.8) is 0 Å². The summed E-state index contributed by atoms with van der Waals surface area (Å²) in [7, 11) is -2.12. The molecule has 2 N–H and O–H groups in total. The topological polar surface area (TPSA) is 105 Å². The molecule has 2 aromatic carbocycles. The number of carbonyl (C=O) groups excluding carboxylic acids is 2. The number of thioether (sulfide) groups is 1. The van der Waals surface area contributed by atoms with E-state index < -0.39 is 10.0 Å². The number of hydrogen-bond acceptors (Lipinski definition) is 6. The molecular formula is C21H23N3O5S2. The van der Waals surface area contributed by atoms with Gasteiger partial charge < -0.3 is 15.4 Å². The zero-order valence-corrected chi connectivity index (χ0v) is 18.6. The third-order valence-corrected chi connectivity index (χ3v) is 8.37. The van der Waals surface area contributed by atoms with E-state index in [9.17, 15) is 18.0 Å². The van der Waals surface area contributed by atoms with Gasteiger partial charge in [-0.2, -0.15) is 4.31 Å². The summed E-state index contributed by atoms with van der Waals surface area (Å²) in [5.74, 6) is 0.515. The predicted molar refractivity (Wildman–Crippen MR) is 119 cm³/mol. The van der Waals surface area contributed by atoms with Crippen LogP contribution in [-0.4, -0.2) is 50.5 Å². The highest BCUT2D eigenvalue weighted by atomic mass is 32.2. The Bertz CT molecular complexity index is 1090. The van der Waals surface area contributed by atoms with Gasteiger partial charge in [-0.05, 0) is 55.3 Å². The zero-order valence-electron chi connectivity index (χ0n) is 17.0. The Kier molecular flexibility index (Phi) is 6.22. The standard InChI is InChI=1S/C21H23N3O5S2/c1-29-16-4-2-15(3-5-16)22-21(26)14-8-10-24(11-9-14)31(27,28)17-6-7-19-18(12-17)23-20(25)13-30-19/h2-7,12,14H,8-11,13H2,1H3,(H,22,26)(H,23,25). The molecule has 0 aromatic heterocycles. The maximum absolute atomic E-state index is 13.1. The van der Waals surface area contributed by atoms with Gasteiger partial charge in [-0.15, -0.1) is 11.8 Å².